The molecule has 0 atom stereocenters. The van der Waals surface area contributed by atoms with Gasteiger partial charge in [-0.3, -0.25) is 4.79 Å². The highest BCUT2D eigenvalue weighted by molar-refractivity contribution is 8.02. The molecule has 1 amide bonds. The molecule has 1 N–H and O–H groups in total. The lowest BCUT2D eigenvalue weighted by atomic mass is 10.3. The summed E-state index contributed by atoms with van der Waals surface area (Å²) in [5, 5.41) is 5.44. The molecule has 94 valence electrons. The molecule has 1 aliphatic heterocycles. The first-order valence-electron chi connectivity index (χ1n) is 5.37. The van der Waals surface area contributed by atoms with Crippen LogP contribution in [0.15, 0.2) is 5.41 Å². The topological polar surface area (TPSA) is 45.2 Å². The second-order valence-electron chi connectivity index (χ2n) is 3.82. The quantitative estimate of drug-likeness (QED) is 0.863. The van der Waals surface area contributed by atoms with Gasteiger partial charge in [-0.25, -0.2) is 4.98 Å². The first kappa shape index (κ1) is 13.0. The number of anilines is 1. The number of aryl methyl sites for hydroxylation is 1. The molecule has 18 heavy (non-hydrogen) atoms. The molecule has 0 aromatic carbocycles. The highest BCUT2D eigenvalue weighted by Gasteiger charge is 2.21. The molecule has 1 aliphatic rings. The van der Waals surface area contributed by atoms with E-state index < -0.39 is 0 Å². The van der Waals surface area contributed by atoms with Crippen molar-refractivity contribution in [3.63, 3.8) is 0 Å². The Labute approximate surface area is 114 Å². The summed E-state index contributed by atoms with van der Waals surface area (Å²) < 4.78 is 0. The van der Waals surface area contributed by atoms with Gasteiger partial charge in [-0.15, -0.1) is 18.2 Å². The van der Waals surface area contributed by atoms with Crippen LogP contribution in [-0.2, 0) is 4.79 Å². The van der Waals surface area contributed by atoms with E-state index in [1.54, 1.807) is 11.8 Å². The van der Waals surface area contributed by atoms with Crippen molar-refractivity contribution in [3.05, 3.63) is 16.0 Å². The molecule has 4 nitrogen and oxygen atoms in total. The van der Waals surface area contributed by atoms with Crippen LogP contribution < -0.4 is 5.32 Å². The van der Waals surface area contributed by atoms with Crippen LogP contribution in [0, 0.1) is 19.3 Å². The number of rotatable bonds is 3. The molecular formula is C12H13N3OS2. The third-order valence-corrected chi connectivity index (χ3v) is 4.31. The average Bonchev–Trinajstić information content (AvgIpc) is 2.85. The number of carbonyl (C=O) groups is 1. The fourth-order valence-electron chi connectivity index (χ4n) is 1.63. The van der Waals surface area contributed by atoms with Gasteiger partial charge < -0.3 is 10.2 Å². The zero-order valence-electron chi connectivity index (χ0n) is 10.2. The molecule has 0 aliphatic carbocycles. The zero-order valence-corrected chi connectivity index (χ0v) is 11.8. The van der Waals surface area contributed by atoms with E-state index >= 15 is 0 Å². The van der Waals surface area contributed by atoms with E-state index in [0.29, 0.717) is 11.7 Å². The van der Waals surface area contributed by atoms with Gasteiger partial charge in [0, 0.05) is 6.92 Å². The maximum absolute atomic E-state index is 11.0. The molecule has 0 saturated heterocycles. The number of carbonyl (C=O) groups excluding carboxylic acids is 1. The number of thioether (sulfide) groups is 1. The Hall–Kier alpha value is -1.45. The fraction of sp³-hybridized carbons (Fsp3) is 0.333. The number of hydrogen-bond donors (Lipinski definition) is 1. The molecule has 0 saturated carbocycles. The third-order valence-electron chi connectivity index (χ3n) is 2.36. The van der Waals surface area contributed by atoms with Gasteiger partial charge in [-0.2, -0.15) is 0 Å². The number of nitrogens with zero attached hydrogens (tertiary/aromatic N) is 2. The molecule has 2 heterocycles. The largest absolute Gasteiger partial charge is 0.349 e. The number of terminal acetylenes is 1. The molecule has 6 heteroatoms. The van der Waals surface area contributed by atoms with Gasteiger partial charge in [0.05, 0.1) is 28.7 Å². The average molecular weight is 279 g/mol. The second kappa shape index (κ2) is 5.46. The molecule has 1 aromatic heterocycles. The fourth-order valence-corrected chi connectivity index (χ4v) is 3.67. The van der Waals surface area contributed by atoms with Crippen molar-refractivity contribution in [2.75, 3.05) is 17.7 Å². The molecule has 2 rings (SSSR count). The van der Waals surface area contributed by atoms with Crippen molar-refractivity contribution >= 4 is 39.8 Å². The Morgan fingerprint density at radius 2 is 2.50 bits per heavy atom. The van der Waals surface area contributed by atoms with E-state index in [9.17, 15) is 4.79 Å². The van der Waals surface area contributed by atoms with E-state index in [1.165, 1.54) is 18.3 Å². The van der Waals surface area contributed by atoms with E-state index in [0.717, 1.165) is 22.1 Å². The Morgan fingerprint density at radius 3 is 3.17 bits per heavy atom. The van der Waals surface area contributed by atoms with Gasteiger partial charge in [0.2, 0.25) is 5.91 Å². The minimum Gasteiger partial charge on any atom is -0.349 e. The minimum atomic E-state index is -0.106. The van der Waals surface area contributed by atoms with Crippen LogP contribution >= 0.6 is 23.1 Å². The summed E-state index contributed by atoms with van der Waals surface area (Å²) in [6, 6.07) is 0. The SMILES string of the molecule is C#CCN1CSC=C1c1sc(NC(C)=O)nc1C. The number of nitrogens with one attached hydrogen (secondary N) is 1. The molecule has 1 aromatic rings. The van der Waals surface area contributed by atoms with Crippen LogP contribution in [0.3, 0.4) is 0 Å². The summed E-state index contributed by atoms with van der Waals surface area (Å²) in [5.74, 6) is 3.42. The van der Waals surface area contributed by atoms with E-state index in [1.807, 2.05) is 6.92 Å². The standard InChI is InChI=1S/C12H13N3OS2/c1-4-5-15-7-17-6-10(15)11-8(2)13-12(18-11)14-9(3)16/h1,6H,5,7H2,2-3H3,(H,13,14,16). The van der Waals surface area contributed by atoms with Crippen molar-refractivity contribution < 1.29 is 4.79 Å². The molecule has 0 unspecified atom stereocenters. The van der Waals surface area contributed by atoms with E-state index in [-0.39, 0.29) is 5.91 Å². The van der Waals surface area contributed by atoms with Crippen molar-refractivity contribution in [1.82, 2.24) is 9.88 Å². The van der Waals surface area contributed by atoms with E-state index in [2.05, 4.69) is 26.5 Å². The Morgan fingerprint density at radius 1 is 1.72 bits per heavy atom. The lowest BCUT2D eigenvalue weighted by Gasteiger charge is -2.17. The smallest absolute Gasteiger partial charge is 0.223 e. The molecular weight excluding hydrogens is 266 g/mol. The van der Waals surface area contributed by atoms with Crippen molar-refractivity contribution in [2.24, 2.45) is 0 Å². The van der Waals surface area contributed by atoms with Crippen LogP contribution in [0.25, 0.3) is 5.70 Å². The second-order valence-corrected chi connectivity index (χ2v) is 5.64. The van der Waals surface area contributed by atoms with Gasteiger partial charge in [-0.05, 0) is 12.3 Å². The van der Waals surface area contributed by atoms with Crippen LogP contribution in [0.4, 0.5) is 5.13 Å². The third kappa shape index (κ3) is 2.68. The van der Waals surface area contributed by atoms with Crippen LogP contribution in [0.2, 0.25) is 0 Å². The summed E-state index contributed by atoms with van der Waals surface area (Å²) in [6.07, 6.45) is 5.36. The van der Waals surface area contributed by atoms with Gasteiger partial charge in [0.25, 0.3) is 0 Å². The number of amides is 1. The molecule has 0 fully saturated rings. The van der Waals surface area contributed by atoms with Crippen molar-refractivity contribution in [2.45, 2.75) is 13.8 Å². The molecule has 0 spiro atoms. The normalized spacial score (nSPS) is 14.3. The van der Waals surface area contributed by atoms with Crippen molar-refractivity contribution in [1.29, 1.82) is 0 Å². The monoisotopic (exact) mass is 279 g/mol. The number of aromatic nitrogens is 1. The highest BCUT2D eigenvalue weighted by Crippen LogP contribution is 2.36. The van der Waals surface area contributed by atoms with Crippen LogP contribution in [0.5, 0.6) is 0 Å². The summed E-state index contributed by atoms with van der Waals surface area (Å²) in [5.41, 5.74) is 2.02. The van der Waals surface area contributed by atoms with Gasteiger partial charge in [0.15, 0.2) is 5.13 Å². The number of thiazole rings is 1. The maximum atomic E-state index is 11.0. The van der Waals surface area contributed by atoms with Gasteiger partial charge in [0.1, 0.15) is 0 Å². The number of hydrogen-bond acceptors (Lipinski definition) is 5. The van der Waals surface area contributed by atoms with E-state index in [4.69, 9.17) is 6.42 Å². The maximum Gasteiger partial charge on any atom is 0.223 e. The molecule has 0 bridgehead atoms. The highest BCUT2D eigenvalue weighted by atomic mass is 32.2. The first-order valence-corrected chi connectivity index (χ1v) is 7.24. The van der Waals surface area contributed by atoms with Gasteiger partial charge >= 0.3 is 0 Å². The minimum absolute atomic E-state index is 0.106. The first-order chi connectivity index (χ1) is 8.61. The zero-order chi connectivity index (χ0) is 13.1. The Balaban J connectivity index is 2.25. The predicted octanol–water partition coefficient (Wildman–Crippen LogP) is 2.35. The Bertz CT molecular complexity index is 542. The lowest BCUT2D eigenvalue weighted by molar-refractivity contribution is -0.114. The van der Waals surface area contributed by atoms with Crippen LogP contribution in [0.1, 0.15) is 17.5 Å². The van der Waals surface area contributed by atoms with Gasteiger partial charge in [-0.1, -0.05) is 17.3 Å². The summed E-state index contributed by atoms with van der Waals surface area (Å²) >= 11 is 3.20. The summed E-state index contributed by atoms with van der Waals surface area (Å²) in [6.45, 7) is 4.01. The summed E-state index contributed by atoms with van der Waals surface area (Å²) in [7, 11) is 0. The van der Waals surface area contributed by atoms with Crippen LogP contribution in [-0.4, -0.2) is 28.2 Å². The lowest BCUT2D eigenvalue weighted by Crippen LogP contribution is -2.18. The molecule has 0 radical (unpaired) electrons. The summed E-state index contributed by atoms with van der Waals surface area (Å²) in [4.78, 5) is 18.6. The Kier molecular flexibility index (Phi) is 3.94. The predicted molar refractivity (Wildman–Crippen MR) is 77.1 cm³/mol. The van der Waals surface area contributed by atoms with Crippen molar-refractivity contribution in [3.8, 4) is 12.3 Å².